The summed E-state index contributed by atoms with van der Waals surface area (Å²) in [6.07, 6.45) is 6.02. The molecule has 0 fully saturated rings. The van der Waals surface area contributed by atoms with Gasteiger partial charge in [-0.25, -0.2) is 4.79 Å². The predicted octanol–water partition coefficient (Wildman–Crippen LogP) is 0.749. The Hall–Kier alpha value is -1.17. The van der Waals surface area contributed by atoms with Crippen LogP contribution < -0.4 is 0 Å². The summed E-state index contributed by atoms with van der Waals surface area (Å²) in [5, 5.41) is 0. The molecule has 0 aromatic rings. The van der Waals surface area contributed by atoms with E-state index in [1.165, 1.54) is 7.11 Å². The number of hydrogen-bond donors (Lipinski definition) is 0. The van der Waals surface area contributed by atoms with Crippen molar-refractivity contribution in [3.63, 3.8) is 0 Å². The molecule has 1 radical (unpaired) electrons. The van der Waals surface area contributed by atoms with E-state index in [0.29, 0.717) is 6.42 Å². The first kappa shape index (κ1) is 7.83. The zero-order valence-electron chi connectivity index (χ0n) is 5.14. The summed E-state index contributed by atoms with van der Waals surface area (Å²) in [6.45, 7) is 0.163. The maximum absolute atomic E-state index is 10.2. The Balaban J connectivity index is 3.09. The van der Waals surface area contributed by atoms with Gasteiger partial charge in [0.2, 0.25) is 0 Å². The molecular weight excluding hydrogens is 120 g/mol. The monoisotopic (exact) mass is 127 g/mol. The zero-order chi connectivity index (χ0) is 7.11. The zero-order valence-corrected chi connectivity index (χ0v) is 5.14. The lowest BCUT2D eigenvalue weighted by Gasteiger charge is -1.97. The number of methoxy groups -OCH3 is 1. The maximum atomic E-state index is 10.2. The van der Waals surface area contributed by atoms with E-state index in [-0.39, 0.29) is 6.61 Å². The first-order valence-electron chi connectivity index (χ1n) is 2.41. The van der Waals surface area contributed by atoms with Crippen LogP contribution in [0.15, 0.2) is 0 Å². The standard InChI is InChI=1S/C6H7O3/c1-3-4-5-9-6(7)8-2/h4-5H2,2H3. The molecule has 3 nitrogen and oxygen atoms in total. The Morgan fingerprint density at radius 3 is 2.89 bits per heavy atom. The second-order valence-electron chi connectivity index (χ2n) is 1.23. The Morgan fingerprint density at radius 2 is 2.44 bits per heavy atom. The number of carbonyl (C=O) groups excluding carboxylic acids is 1. The van der Waals surface area contributed by atoms with Crippen LogP contribution >= 0.6 is 0 Å². The van der Waals surface area contributed by atoms with Crippen LogP contribution in [0.5, 0.6) is 0 Å². The number of rotatable bonds is 2. The van der Waals surface area contributed by atoms with Crippen LogP contribution in [0, 0.1) is 12.3 Å². The molecule has 0 aliphatic carbocycles. The molecule has 0 aliphatic heterocycles. The van der Waals surface area contributed by atoms with Gasteiger partial charge in [-0.2, -0.15) is 0 Å². The summed E-state index contributed by atoms with van der Waals surface area (Å²) in [7, 11) is 1.23. The van der Waals surface area contributed by atoms with E-state index in [0.717, 1.165) is 0 Å². The van der Waals surface area contributed by atoms with Gasteiger partial charge in [0.25, 0.3) is 0 Å². The van der Waals surface area contributed by atoms with Gasteiger partial charge < -0.3 is 9.47 Å². The molecule has 49 valence electrons. The van der Waals surface area contributed by atoms with Crippen LogP contribution in [0.2, 0.25) is 0 Å². The van der Waals surface area contributed by atoms with E-state index in [2.05, 4.69) is 15.4 Å². The Morgan fingerprint density at radius 1 is 1.78 bits per heavy atom. The van der Waals surface area contributed by atoms with Gasteiger partial charge in [0.05, 0.1) is 7.11 Å². The minimum absolute atomic E-state index is 0.163. The van der Waals surface area contributed by atoms with E-state index >= 15 is 0 Å². The van der Waals surface area contributed by atoms with Gasteiger partial charge >= 0.3 is 6.16 Å². The predicted molar refractivity (Wildman–Crippen MR) is 30.1 cm³/mol. The molecule has 0 rings (SSSR count). The van der Waals surface area contributed by atoms with Crippen molar-refractivity contribution in [2.75, 3.05) is 13.7 Å². The van der Waals surface area contributed by atoms with E-state index in [1.54, 1.807) is 0 Å². The van der Waals surface area contributed by atoms with Crippen LogP contribution in [0.1, 0.15) is 6.42 Å². The van der Waals surface area contributed by atoms with Crippen LogP contribution in [0.25, 0.3) is 0 Å². The van der Waals surface area contributed by atoms with Crippen molar-refractivity contribution in [2.24, 2.45) is 0 Å². The number of hydrogen-bond acceptors (Lipinski definition) is 3. The van der Waals surface area contributed by atoms with E-state index in [4.69, 9.17) is 6.42 Å². The molecule has 3 heteroatoms. The van der Waals surface area contributed by atoms with Gasteiger partial charge in [0, 0.05) is 6.42 Å². The fraction of sp³-hybridized carbons (Fsp3) is 0.500. The van der Waals surface area contributed by atoms with Crippen molar-refractivity contribution in [3.8, 4) is 5.92 Å². The quantitative estimate of drug-likeness (QED) is 0.312. The van der Waals surface area contributed by atoms with Gasteiger partial charge in [-0.1, -0.05) is 5.92 Å². The van der Waals surface area contributed by atoms with Crippen molar-refractivity contribution in [1.82, 2.24) is 0 Å². The molecule has 0 N–H and O–H groups in total. The molecule has 0 spiro atoms. The van der Waals surface area contributed by atoms with Crippen LogP contribution in [-0.4, -0.2) is 19.9 Å². The van der Waals surface area contributed by atoms with Gasteiger partial charge in [0.1, 0.15) is 6.61 Å². The smallest absolute Gasteiger partial charge is 0.438 e. The lowest BCUT2D eigenvalue weighted by Crippen LogP contribution is -2.04. The van der Waals surface area contributed by atoms with E-state index < -0.39 is 6.16 Å². The van der Waals surface area contributed by atoms with Gasteiger partial charge in [0.15, 0.2) is 0 Å². The average Bonchev–Trinajstić information content (AvgIpc) is 1.89. The van der Waals surface area contributed by atoms with E-state index in [1.807, 2.05) is 0 Å². The molecular formula is C6H7O3. The van der Waals surface area contributed by atoms with Gasteiger partial charge in [-0.15, -0.1) is 0 Å². The summed E-state index contributed by atoms with van der Waals surface area (Å²) >= 11 is 0. The Bertz CT molecular complexity index is 123. The van der Waals surface area contributed by atoms with Crippen molar-refractivity contribution in [3.05, 3.63) is 6.42 Å². The van der Waals surface area contributed by atoms with Crippen LogP contribution in [0.4, 0.5) is 4.79 Å². The minimum atomic E-state index is -0.717. The van der Waals surface area contributed by atoms with Crippen LogP contribution in [-0.2, 0) is 9.47 Å². The molecule has 0 atom stereocenters. The fourth-order valence-electron chi connectivity index (χ4n) is 0.244. The lowest BCUT2D eigenvalue weighted by atomic mass is 10.5. The summed E-state index contributed by atoms with van der Waals surface area (Å²) in [4.78, 5) is 10.2. The lowest BCUT2D eigenvalue weighted by molar-refractivity contribution is 0.0745. The SMILES string of the molecule is [C]#CCCOC(=O)OC. The highest BCUT2D eigenvalue weighted by Crippen LogP contribution is 1.83. The second-order valence-corrected chi connectivity index (χ2v) is 1.23. The molecule has 0 unspecified atom stereocenters. The molecule has 0 aromatic heterocycles. The third kappa shape index (κ3) is 4.69. The van der Waals surface area contributed by atoms with Crippen molar-refractivity contribution in [2.45, 2.75) is 6.42 Å². The Kier molecular flexibility index (Phi) is 4.33. The van der Waals surface area contributed by atoms with Crippen molar-refractivity contribution < 1.29 is 14.3 Å². The van der Waals surface area contributed by atoms with Gasteiger partial charge in [-0.3, -0.25) is 0 Å². The fourth-order valence-corrected chi connectivity index (χ4v) is 0.244. The number of carbonyl (C=O) groups is 1. The highest BCUT2D eigenvalue weighted by molar-refractivity contribution is 5.59. The highest BCUT2D eigenvalue weighted by Gasteiger charge is 1.96. The molecule has 0 aromatic carbocycles. The third-order valence-corrected chi connectivity index (χ3v) is 0.614. The van der Waals surface area contributed by atoms with E-state index in [9.17, 15) is 4.79 Å². The molecule has 0 bridgehead atoms. The average molecular weight is 127 g/mol. The molecule has 0 aliphatic rings. The molecule has 9 heavy (non-hydrogen) atoms. The first-order chi connectivity index (χ1) is 4.31. The molecule has 0 amide bonds. The topological polar surface area (TPSA) is 35.5 Å². The number of ether oxygens (including phenoxy) is 2. The Labute approximate surface area is 54.0 Å². The third-order valence-electron chi connectivity index (χ3n) is 0.614. The minimum Gasteiger partial charge on any atom is -0.438 e. The second kappa shape index (κ2) is 4.98. The van der Waals surface area contributed by atoms with Crippen molar-refractivity contribution >= 4 is 6.16 Å². The van der Waals surface area contributed by atoms with Gasteiger partial charge in [-0.05, 0) is 6.42 Å². The summed E-state index contributed by atoms with van der Waals surface area (Å²) in [5.41, 5.74) is 0. The normalized spacial score (nSPS) is 7.56. The summed E-state index contributed by atoms with van der Waals surface area (Å²) < 4.78 is 8.53. The molecule has 0 heterocycles. The summed E-state index contributed by atoms with van der Waals surface area (Å²) in [5.74, 6) is 2.06. The molecule has 0 saturated heterocycles. The van der Waals surface area contributed by atoms with Crippen LogP contribution in [0.3, 0.4) is 0 Å². The summed E-state index contributed by atoms with van der Waals surface area (Å²) in [6, 6.07) is 0. The maximum Gasteiger partial charge on any atom is 0.508 e. The largest absolute Gasteiger partial charge is 0.508 e. The first-order valence-corrected chi connectivity index (χ1v) is 2.41. The highest BCUT2D eigenvalue weighted by atomic mass is 16.7. The van der Waals surface area contributed by atoms with Crippen molar-refractivity contribution in [1.29, 1.82) is 0 Å². The molecule has 0 saturated carbocycles.